The van der Waals surface area contributed by atoms with E-state index in [9.17, 15) is 8.78 Å². The Hall–Kier alpha value is -0.770. The number of hydrogen-bond acceptors (Lipinski definition) is 2. The molecule has 13 heavy (non-hydrogen) atoms. The third-order valence-corrected chi connectivity index (χ3v) is 2.66. The Morgan fingerprint density at radius 1 is 1.62 bits per heavy atom. The van der Waals surface area contributed by atoms with Crippen LogP contribution in [0.4, 0.5) is 8.78 Å². The number of allylic oxidation sites excluding steroid dienone is 1. The molecule has 0 spiro atoms. The van der Waals surface area contributed by atoms with E-state index in [-0.39, 0.29) is 0 Å². The van der Waals surface area contributed by atoms with Crippen LogP contribution in [0.1, 0.15) is 12.2 Å². The lowest BCUT2D eigenvalue weighted by Gasteiger charge is -1.95. The molecule has 0 aliphatic rings. The third kappa shape index (κ3) is 3.63. The molecule has 0 fully saturated rings. The van der Waals surface area contributed by atoms with E-state index in [0.717, 1.165) is 16.7 Å². The maximum atomic E-state index is 11.6. The largest absolute Gasteiger partial charge is 0.468 e. The van der Waals surface area contributed by atoms with Gasteiger partial charge in [0.2, 0.25) is 0 Å². The minimum absolute atomic E-state index is 0.387. The Morgan fingerprint density at radius 3 is 2.92 bits per heavy atom. The van der Waals surface area contributed by atoms with Crippen molar-refractivity contribution >= 4 is 11.8 Å². The first-order chi connectivity index (χ1) is 6.20. The summed E-state index contributed by atoms with van der Waals surface area (Å²) in [6.07, 6.45) is 1.31. The van der Waals surface area contributed by atoms with Crippen molar-refractivity contribution in [1.82, 2.24) is 0 Å². The summed E-state index contributed by atoms with van der Waals surface area (Å²) in [4.78, 5) is 1.02. The highest BCUT2D eigenvalue weighted by molar-refractivity contribution is 7.99. The molecule has 0 atom stereocenters. The topological polar surface area (TPSA) is 13.1 Å². The fourth-order valence-electron chi connectivity index (χ4n) is 0.860. The minimum Gasteiger partial charge on any atom is -0.468 e. The first-order valence-electron chi connectivity index (χ1n) is 3.88. The SMILES string of the molecule is Cc1occc1SCCC=C(F)F. The molecule has 0 saturated heterocycles. The Balaban J connectivity index is 2.28. The summed E-state index contributed by atoms with van der Waals surface area (Å²) in [6, 6.07) is 1.84. The molecule has 4 heteroatoms. The molecule has 0 aliphatic heterocycles. The van der Waals surface area contributed by atoms with Gasteiger partial charge in [0.15, 0.2) is 0 Å². The summed E-state index contributed by atoms with van der Waals surface area (Å²) < 4.78 is 28.3. The van der Waals surface area contributed by atoms with Crippen molar-refractivity contribution < 1.29 is 13.2 Å². The predicted octanol–water partition coefficient (Wildman–Crippen LogP) is 3.85. The molecule has 0 unspecified atom stereocenters. The molecule has 1 rings (SSSR count). The summed E-state index contributed by atoms with van der Waals surface area (Å²) in [7, 11) is 0. The van der Waals surface area contributed by atoms with Gasteiger partial charge in [0.1, 0.15) is 5.76 Å². The van der Waals surface area contributed by atoms with Crippen LogP contribution in [0.3, 0.4) is 0 Å². The minimum atomic E-state index is -1.61. The Bertz CT molecular complexity index is 290. The van der Waals surface area contributed by atoms with Crippen molar-refractivity contribution in [2.75, 3.05) is 5.75 Å². The van der Waals surface area contributed by atoms with Crippen LogP contribution in [-0.4, -0.2) is 5.75 Å². The molecule has 0 saturated carbocycles. The molecule has 1 aromatic rings. The molecule has 0 aromatic carbocycles. The van der Waals surface area contributed by atoms with E-state index >= 15 is 0 Å². The molecule has 1 heterocycles. The van der Waals surface area contributed by atoms with Crippen molar-refractivity contribution in [3.8, 4) is 0 Å². The average Bonchev–Trinajstić information content (AvgIpc) is 2.45. The molecule has 0 amide bonds. The molecule has 0 aliphatic carbocycles. The average molecular weight is 204 g/mol. The van der Waals surface area contributed by atoms with Crippen LogP contribution in [0.5, 0.6) is 0 Å². The second-order valence-corrected chi connectivity index (χ2v) is 3.61. The van der Waals surface area contributed by atoms with E-state index in [2.05, 4.69) is 0 Å². The molecule has 72 valence electrons. The van der Waals surface area contributed by atoms with Crippen LogP contribution >= 0.6 is 11.8 Å². The van der Waals surface area contributed by atoms with E-state index in [1.165, 1.54) is 11.8 Å². The summed E-state index contributed by atoms with van der Waals surface area (Å²) in [5, 5.41) is 0. The highest BCUT2D eigenvalue weighted by atomic mass is 32.2. The maximum absolute atomic E-state index is 11.6. The lowest BCUT2D eigenvalue weighted by atomic mass is 10.5. The first kappa shape index (κ1) is 10.3. The van der Waals surface area contributed by atoms with Crippen molar-refractivity contribution in [3.63, 3.8) is 0 Å². The van der Waals surface area contributed by atoms with Gasteiger partial charge in [0.25, 0.3) is 6.08 Å². The highest BCUT2D eigenvalue weighted by Gasteiger charge is 2.00. The zero-order chi connectivity index (χ0) is 9.68. The van der Waals surface area contributed by atoms with Gasteiger partial charge >= 0.3 is 0 Å². The molecular weight excluding hydrogens is 194 g/mol. The number of hydrogen-bond donors (Lipinski definition) is 0. The normalized spacial score (nSPS) is 10.1. The molecule has 1 nitrogen and oxygen atoms in total. The zero-order valence-electron chi connectivity index (χ0n) is 7.22. The highest BCUT2D eigenvalue weighted by Crippen LogP contribution is 2.23. The second kappa shape index (κ2) is 5.07. The Labute approximate surface area is 79.8 Å². The lowest BCUT2D eigenvalue weighted by Crippen LogP contribution is -1.77. The smallest absolute Gasteiger partial charge is 0.266 e. The van der Waals surface area contributed by atoms with E-state index in [0.29, 0.717) is 12.2 Å². The van der Waals surface area contributed by atoms with E-state index in [4.69, 9.17) is 4.42 Å². The molecule has 0 radical (unpaired) electrons. The predicted molar refractivity (Wildman–Crippen MR) is 49.1 cm³/mol. The number of thioether (sulfide) groups is 1. The second-order valence-electron chi connectivity index (χ2n) is 2.47. The van der Waals surface area contributed by atoms with Gasteiger partial charge in [-0.25, -0.2) is 0 Å². The summed E-state index contributed by atoms with van der Waals surface area (Å²) in [6.45, 7) is 1.86. The lowest BCUT2D eigenvalue weighted by molar-refractivity contribution is 0.418. The monoisotopic (exact) mass is 204 g/mol. The van der Waals surface area contributed by atoms with Crippen molar-refractivity contribution in [3.05, 3.63) is 30.2 Å². The third-order valence-electron chi connectivity index (χ3n) is 1.49. The fraction of sp³-hybridized carbons (Fsp3) is 0.333. The van der Waals surface area contributed by atoms with Crippen LogP contribution in [0, 0.1) is 6.92 Å². The Kier molecular flexibility index (Phi) is 4.02. The van der Waals surface area contributed by atoms with Crippen LogP contribution in [0.25, 0.3) is 0 Å². The van der Waals surface area contributed by atoms with E-state index in [1.807, 2.05) is 13.0 Å². The van der Waals surface area contributed by atoms with Crippen molar-refractivity contribution in [1.29, 1.82) is 0 Å². The van der Waals surface area contributed by atoms with Crippen LogP contribution in [-0.2, 0) is 0 Å². The maximum Gasteiger partial charge on any atom is 0.266 e. The van der Waals surface area contributed by atoms with Gasteiger partial charge in [0.05, 0.1) is 6.26 Å². The molecule has 1 aromatic heterocycles. The van der Waals surface area contributed by atoms with Gasteiger partial charge in [-0.15, -0.1) is 11.8 Å². The quantitative estimate of drug-likeness (QED) is 0.546. The van der Waals surface area contributed by atoms with Crippen LogP contribution in [0.15, 0.2) is 33.8 Å². The summed E-state index contributed by atoms with van der Waals surface area (Å²) in [5.41, 5.74) is 0. The molecular formula is C9H10F2OS. The van der Waals surface area contributed by atoms with E-state index in [1.54, 1.807) is 6.26 Å². The first-order valence-corrected chi connectivity index (χ1v) is 4.87. The summed E-state index contributed by atoms with van der Waals surface area (Å²) >= 11 is 1.52. The number of aryl methyl sites for hydroxylation is 1. The van der Waals surface area contributed by atoms with E-state index < -0.39 is 6.08 Å². The zero-order valence-corrected chi connectivity index (χ0v) is 8.04. The number of rotatable bonds is 4. The van der Waals surface area contributed by atoms with Crippen molar-refractivity contribution in [2.45, 2.75) is 18.2 Å². The fourth-order valence-corrected chi connectivity index (χ4v) is 1.72. The Morgan fingerprint density at radius 2 is 2.38 bits per heavy atom. The van der Waals surface area contributed by atoms with Gasteiger partial charge in [-0.1, -0.05) is 0 Å². The van der Waals surface area contributed by atoms with Gasteiger partial charge in [0, 0.05) is 10.6 Å². The van der Waals surface area contributed by atoms with Crippen LogP contribution < -0.4 is 0 Å². The summed E-state index contributed by atoms with van der Waals surface area (Å²) in [5.74, 6) is 1.49. The standard InChI is InChI=1S/C9H10F2OS/c1-7-8(4-5-12-7)13-6-2-3-9(10)11/h3-5H,2,6H2,1H3. The van der Waals surface area contributed by atoms with Gasteiger partial charge < -0.3 is 4.42 Å². The molecule has 0 bridgehead atoms. The number of furan rings is 1. The van der Waals surface area contributed by atoms with Gasteiger partial charge in [-0.05, 0) is 25.5 Å². The molecule has 0 N–H and O–H groups in total. The van der Waals surface area contributed by atoms with Crippen molar-refractivity contribution in [2.24, 2.45) is 0 Å². The van der Waals surface area contributed by atoms with Gasteiger partial charge in [-0.3, -0.25) is 0 Å². The van der Waals surface area contributed by atoms with Gasteiger partial charge in [-0.2, -0.15) is 8.78 Å². The van der Waals surface area contributed by atoms with Crippen LogP contribution in [0.2, 0.25) is 0 Å². The number of halogens is 2.